The van der Waals surface area contributed by atoms with Gasteiger partial charge in [0.1, 0.15) is 6.07 Å². The molecular weight excluding hydrogens is 245 g/mol. The fourth-order valence-electron chi connectivity index (χ4n) is 1.02. The smallest absolute Gasteiger partial charge is 0.236 e. The Balaban J connectivity index is 3.25. The molecule has 0 aliphatic heterocycles. The van der Waals surface area contributed by atoms with E-state index in [4.69, 9.17) is 21.1 Å². The Kier molecular flexibility index (Phi) is 3.17. The average molecular weight is 250 g/mol. The number of benzene rings is 1. The highest BCUT2D eigenvalue weighted by atomic mass is 35.7. The normalized spacial score (nSPS) is 11.0. The number of halogens is 2. The van der Waals surface area contributed by atoms with Crippen LogP contribution in [0.15, 0.2) is 12.1 Å². The van der Waals surface area contributed by atoms with Crippen molar-refractivity contribution in [1.29, 1.82) is 5.26 Å². The van der Waals surface area contributed by atoms with Gasteiger partial charge < -0.3 is 5.11 Å². The van der Waals surface area contributed by atoms with Gasteiger partial charge in [0.25, 0.3) is 0 Å². The molecule has 0 saturated heterocycles. The van der Waals surface area contributed by atoms with Gasteiger partial charge in [-0.15, -0.1) is 0 Å². The molecule has 1 N–H and O–H groups in total. The molecule has 1 rings (SSSR count). The first kappa shape index (κ1) is 11.8. The molecule has 0 unspecified atom stereocenters. The summed E-state index contributed by atoms with van der Waals surface area (Å²) in [5, 5.41) is 17.5. The molecule has 1 aromatic carbocycles. The maximum absolute atomic E-state index is 13.0. The van der Waals surface area contributed by atoms with Crippen molar-refractivity contribution >= 4 is 19.7 Å². The first-order valence-corrected chi connectivity index (χ1v) is 6.15. The number of rotatable bonds is 2. The topological polar surface area (TPSA) is 78.2 Å². The molecule has 0 bridgehead atoms. The Morgan fingerprint density at radius 1 is 1.53 bits per heavy atom. The van der Waals surface area contributed by atoms with Crippen LogP contribution in [0.25, 0.3) is 0 Å². The van der Waals surface area contributed by atoms with Crippen LogP contribution < -0.4 is 0 Å². The third-order valence-corrected chi connectivity index (χ3v) is 2.59. The van der Waals surface area contributed by atoms with Gasteiger partial charge >= 0.3 is 0 Å². The standard InChI is InChI=1S/C8H5ClFNO3S/c9-15(13,14)4-5-1-6(3-11)8(12)7(10)2-5/h1-2,12H,4H2. The predicted molar refractivity (Wildman–Crippen MR) is 51.3 cm³/mol. The summed E-state index contributed by atoms with van der Waals surface area (Å²) in [6.45, 7) is 0. The molecule has 4 nitrogen and oxygen atoms in total. The van der Waals surface area contributed by atoms with Crippen molar-refractivity contribution in [2.45, 2.75) is 5.75 Å². The number of phenolic OH excluding ortho intramolecular Hbond substituents is 1. The summed E-state index contributed by atoms with van der Waals surface area (Å²) in [5.41, 5.74) is -0.317. The largest absolute Gasteiger partial charge is 0.504 e. The molecule has 0 atom stereocenters. The second kappa shape index (κ2) is 4.04. The van der Waals surface area contributed by atoms with E-state index in [1.54, 1.807) is 0 Å². The molecular formula is C8H5ClFNO3S. The van der Waals surface area contributed by atoms with E-state index in [2.05, 4.69) is 0 Å². The molecule has 0 aliphatic rings. The van der Waals surface area contributed by atoms with Crippen LogP contribution in [0.4, 0.5) is 4.39 Å². The lowest BCUT2D eigenvalue weighted by molar-refractivity contribution is 0.430. The fourth-order valence-corrected chi connectivity index (χ4v) is 1.97. The lowest BCUT2D eigenvalue weighted by Crippen LogP contribution is -1.97. The highest BCUT2D eigenvalue weighted by Crippen LogP contribution is 2.23. The van der Waals surface area contributed by atoms with Gasteiger partial charge in [-0.2, -0.15) is 5.26 Å². The fraction of sp³-hybridized carbons (Fsp3) is 0.125. The predicted octanol–water partition coefficient (Wildman–Crippen LogP) is 1.47. The quantitative estimate of drug-likeness (QED) is 0.805. The van der Waals surface area contributed by atoms with E-state index in [1.165, 1.54) is 6.07 Å². The number of hydrogen-bond donors (Lipinski definition) is 1. The van der Waals surface area contributed by atoms with Crippen LogP contribution in [0, 0.1) is 17.1 Å². The number of nitriles is 1. The summed E-state index contributed by atoms with van der Waals surface area (Å²) in [5.74, 6) is -2.45. The van der Waals surface area contributed by atoms with E-state index in [9.17, 15) is 12.8 Å². The average Bonchev–Trinajstić information content (AvgIpc) is 2.08. The van der Waals surface area contributed by atoms with E-state index in [0.717, 1.165) is 12.1 Å². The number of aromatic hydroxyl groups is 1. The van der Waals surface area contributed by atoms with Gasteiger partial charge in [-0.25, -0.2) is 12.8 Å². The Morgan fingerprint density at radius 2 is 2.13 bits per heavy atom. The van der Waals surface area contributed by atoms with Crippen molar-refractivity contribution in [2.75, 3.05) is 0 Å². The zero-order valence-electron chi connectivity index (χ0n) is 7.24. The Morgan fingerprint density at radius 3 is 2.60 bits per heavy atom. The minimum absolute atomic E-state index is 0.0110. The monoisotopic (exact) mass is 249 g/mol. The molecule has 0 aliphatic carbocycles. The lowest BCUT2D eigenvalue weighted by Gasteiger charge is -2.02. The van der Waals surface area contributed by atoms with Gasteiger partial charge in [0.15, 0.2) is 11.6 Å². The van der Waals surface area contributed by atoms with Crippen LogP contribution in [0.5, 0.6) is 5.75 Å². The summed E-state index contributed by atoms with van der Waals surface area (Å²) >= 11 is 0. The molecule has 0 spiro atoms. The lowest BCUT2D eigenvalue weighted by atomic mass is 10.1. The van der Waals surface area contributed by atoms with Crippen molar-refractivity contribution in [3.05, 3.63) is 29.1 Å². The highest BCUT2D eigenvalue weighted by Gasteiger charge is 2.13. The molecule has 0 radical (unpaired) electrons. The number of phenols is 1. The first-order valence-electron chi connectivity index (χ1n) is 3.67. The van der Waals surface area contributed by atoms with Crippen LogP contribution in [-0.2, 0) is 14.8 Å². The molecule has 0 amide bonds. The van der Waals surface area contributed by atoms with E-state index in [1.807, 2.05) is 0 Å². The summed E-state index contributed by atoms with van der Waals surface area (Å²) in [4.78, 5) is 0. The van der Waals surface area contributed by atoms with E-state index < -0.39 is 26.4 Å². The second-order valence-electron chi connectivity index (χ2n) is 2.77. The first-order chi connectivity index (χ1) is 6.83. The SMILES string of the molecule is N#Cc1cc(CS(=O)(=O)Cl)cc(F)c1O. The molecule has 1 aromatic rings. The van der Waals surface area contributed by atoms with Gasteiger partial charge in [0.2, 0.25) is 9.05 Å². The minimum atomic E-state index is -3.82. The van der Waals surface area contributed by atoms with Crippen molar-refractivity contribution in [3.63, 3.8) is 0 Å². The Hall–Kier alpha value is -1.32. The summed E-state index contributed by atoms with van der Waals surface area (Å²) in [6.07, 6.45) is 0. The molecule has 15 heavy (non-hydrogen) atoms. The van der Waals surface area contributed by atoms with Gasteiger partial charge in [-0.05, 0) is 17.7 Å². The Labute approximate surface area is 89.9 Å². The molecule has 0 aromatic heterocycles. The van der Waals surface area contributed by atoms with Crippen LogP contribution in [0.1, 0.15) is 11.1 Å². The van der Waals surface area contributed by atoms with E-state index >= 15 is 0 Å². The van der Waals surface area contributed by atoms with Gasteiger partial charge in [0.05, 0.1) is 11.3 Å². The maximum Gasteiger partial charge on any atom is 0.236 e. The third-order valence-electron chi connectivity index (χ3n) is 1.58. The zero-order chi connectivity index (χ0) is 11.6. The van der Waals surface area contributed by atoms with Crippen LogP contribution in [0.3, 0.4) is 0 Å². The number of hydrogen-bond acceptors (Lipinski definition) is 4. The molecule has 0 heterocycles. The van der Waals surface area contributed by atoms with Crippen molar-refractivity contribution in [3.8, 4) is 11.8 Å². The third kappa shape index (κ3) is 3.08. The summed E-state index contributed by atoms with van der Waals surface area (Å²) in [6, 6.07) is 3.42. The molecule has 0 fully saturated rings. The second-order valence-corrected chi connectivity index (χ2v) is 5.55. The Bertz CT molecular complexity index is 536. The van der Waals surface area contributed by atoms with Crippen molar-refractivity contribution in [2.24, 2.45) is 0 Å². The highest BCUT2D eigenvalue weighted by molar-refractivity contribution is 8.13. The van der Waals surface area contributed by atoms with Crippen molar-refractivity contribution in [1.82, 2.24) is 0 Å². The van der Waals surface area contributed by atoms with Crippen LogP contribution in [0.2, 0.25) is 0 Å². The van der Waals surface area contributed by atoms with Crippen LogP contribution in [-0.4, -0.2) is 13.5 Å². The van der Waals surface area contributed by atoms with Crippen LogP contribution >= 0.6 is 10.7 Å². The van der Waals surface area contributed by atoms with Gasteiger partial charge in [-0.3, -0.25) is 0 Å². The molecule has 0 saturated carbocycles. The zero-order valence-corrected chi connectivity index (χ0v) is 8.81. The van der Waals surface area contributed by atoms with E-state index in [0.29, 0.717) is 0 Å². The van der Waals surface area contributed by atoms with Gasteiger partial charge in [-0.1, -0.05) is 0 Å². The molecule has 80 valence electrons. The van der Waals surface area contributed by atoms with E-state index in [-0.39, 0.29) is 11.1 Å². The maximum atomic E-state index is 13.0. The van der Waals surface area contributed by atoms with Crippen molar-refractivity contribution < 1.29 is 17.9 Å². The summed E-state index contributed by atoms with van der Waals surface area (Å²) in [7, 11) is 1.14. The molecule has 7 heteroatoms. The summed E-state index contributed by atoms with van der Waals surface area (Å²) < 4.78 is 34.4. The minimum Gasteiger partial charge on any atom is -0.504 e. The van der Waals surface area contributed by atoms with Gasteiger partial charge in [0, 0.05) is 10.7 Å². The number of nitrogens with zero attached hydrogens (tertiary/aromatic N) is 1.